The minimum absolute atomic E-state index is 0.0162. The molecule has 1 aliphatic rings. The molecule has 1 aliphatic heterocycles. The summed E-state index contributed by atoms with van der Waals surface area (Å²) in [6.07, 6.45) is 3.17. The van der Waals surface area contributed by atoms with Crippen molar-refractivity contribution in [1.82, 2.24) is 14.9 Å². The smallest absolute Gasteiger partial charge is 0.313 e. The average molecular weight is 311 g/mol. The number of nitrogens with zero attached hydrogens (tertiary/aromatic N) is 2. The van der Waals surface area contributed by atoms with Crippen molar-refractivity contribution in [2.24, 2.45) is 0 Å². The van der Waals surface area contributed by atoms with Crippen molar-refractivity contribution in [3.63, 3.8) is 0 Å². The van der Waals surface area contributed by atoms with Crippen molar-refractivity contribution in [3.8, 4) is 0 Å². The summed E-state index contributed by atoms with van der Waals surface area (Å²) in [6.45, 7) is 6.93. The van der Waals surface area contributed by atoms with Crippen molar-refractivity contribution >= 4 is 23.6 Å². The molecule has 1 fully saturated rings. The number of aliphatic carboxylic acids is 1. The molecule has 2 rings (SSSR count). The van der Waals surface area contributed by atoms with Crippen LogP contribution in [0.15, 0.2) is 11.4 Å². The highest BCUT2D eigenvalue weighted by Crippen LogP contribution is 2.28. The molecular weight excluding hydrogens is 290 g/mol. The fourth-order valence-corrected chi connectivity index (χ4v) is 3.12. The predicted octanol–water partition coefficient (Wildman–Crippen LogP) is 1.64. The van der Waals surface area contributed by atoms with E-state index in [1.807, 2.05) is 4.57 Å². The Morgan fingerprint density at radius 3 is 2.81 bits per heavy atom. The van der Waals surface area contributed by atoms with E-state index in [4.69, 9.17) is 5.11 Å². The Morgan fingerprint density at radius 1 is 1.57 bits per heavy atom. The quantitative estimate of drug-likeness (QED) is 0.808. The zero-order valence-corrected chi connectivity index (χ0v) is 13.4. The van der Waals surface area contributed by atoms with E-state index in [0.29, 0.717) is 18.1 Å². The van der Waals surface area contributed by atoms with Crippen LogP contribution in [0.3, 0.4) is 0 Å². The second-order valence-electron chi connectivity index (χ2n) is 6.27. The van der Waals surface area contributed by atoms with Gasteiger partial charge in [0.05, 0.1) is 5.75 Å². The number of carboxylic acid groups (broad SMARTS) is 1. The molecule has 2 heterocycles. The minimum atomic E-state index is -0.860. The van der Waals surface area contributed by atoms with Gasteiger partial charge in [-0.15, -0.1) is 0 Å². The molecule has 0 aromatic carbocycles. The zero-order chi connectivity index (χ0) is 15.6. The second kappa shape index (κ2) is 6.09. The number of aromatic nitrogens is 2. The van der Waals surface area contributed by atoms with Crippen LogP contribution in [0.5, 0.6) is 0 Å². The third-order valence-electron chi connectivity index (χ3n) is 3.40. The molecule has 1 atom stereocenters. The highest BCUT2D eigenvalue weighted by Gasteiger charge is 2.27. The number of nitrogens with one attached hydrogen (secondary N) is 1. The van der Waals surface area contributed by atoms with Crippen LogP contribution in [0.1, 0.15) is 39.3 Å². The summed E-state index contributed by atoms with van der Waals surface area (Å²) in [4.78, 5) is 26.5. The third-order valence-corrected chi connectivity index (χ3v) is 4.38. The second-order valence-corrected chi connectivity index (χ2v) is 7.21. The summed E-state index contributed by atoms with van der Waals surface area (Å²) in [5.74, 6) is -0.796. The predicted molar refractivity (Wildman–Crippen MR) is 80.5 cm³/mol. The molecule has 21 heavy (non-hydrogen) atoms. The van der Waals surface area contributed by atoms with Gasteiger partial charge in [0.2, 0.25) is 5.91 Å². The van der Waals surface area contributed by atoms with Crippen molar-refractivity contribution in [2.75, 3.05) is 5.75 Å². The zero-order valence-electron chi connectivity index (χ0n) is 12.5. The summed E-state index contributed by atoms with van der Waals surface area (Å²) in [5.41, 5.74) is 0.967. The molecule has 1 amide bonds. The number of thioether (sulfide) groups is 1. The maximum Gasteiger partial charge on any atom is 0.313 e. The standard InChI is InChI=1S/C14H21N3O3S/c1-14(2,3)10-6-15-13(21-8-12(19)20)17(10)7-9-4-5-11(18)16-9/h6,9H,4-5,7-8H2,1-3H3,(H,16,18)(H,19,20). The number of amides is 1. The maximum absolute atomic E-state index is 11.3. The molecule has 1 saturated heterocycles. The first kappa shape index (κ1) is 15.9. The SMILES string of the molecule is CC(C)(C)c1cnc(SCC(=O)O)n1CC1CCC(=O)N1. The van der Waals surface area contributed by atoms with Crippen molar-refractivity contribution in [1.29, 1.82) is 0 Å². The molecule has 0 radical (unpaired) electrons. The van der Waals surface area contributed by atoms with Gasteiger partial charge >= 0.3 is 5.97 Å². The van der Waals surface area contributed by atoms with E-state index < -0.39 is 5.97 Å². The van der Waals surface area contributed by atoms with Crippen molar-refractivity contribution < 1.29 is 14.7 Å². The van der Waals surface area contributed by atoms with E-state index in [0.717, 1.165) is 12.1 Å². The summed E-state index contributed by atoms with van der Waals surface area (Å²) in [6, 6.07) is 0.0944. The van der Waals surface area contributed by atoms with Gasteiger partial charge in [-0.05, 0) is 6.42 Å². The van der Waals surface area contributed by atoms with Crippen LogP contribution in [0.4, 0.5) is 0 Å². The van der Waals surface area contributed by atoms with Gasteiger partial charge in [0.25, 0.3) is 0 Å². The van der Waals surface area contributed by atoms with E-state index in [1.165, 1.54) is 11.8 Å². The number of carboxylic acids is 1. The van der Waals surface area contributed by atoms with E-state index in [1.54, 1.807) is 6.20 Å². The lowest BCUT2D eigenvalue weighted by atomic mass is 9.92. The Hall–Kier alpha value is -1.50. The van der Waals surface area contributed by atoms with Gasteiger partial charge in [0, 0.05) is 36.3 Å². The number of hydrogen-bond donors (Lipinski definition) is 2. The normalized spacial score (nSPS) is 18.8. The lowest BCUT2D eigenvalue weighted by Crippen LogP contribution is -2.31. The summed E-state index contributed by atoms with van der Waals surface area (Å²) in [5, 5.41) is 12.5. The Bertz CT molecular complexity index is 548. The van der Waals surface area contributed by atoms with E-state index >= 15 is 0 Å². The van der Waals surface area contributed by atoms with Crippen molar-refractivity contribution in [2.45, 2.75) is 56.8 Å². The van der Waals surface area contributed by atoms with Crippen LogP contribution in [0, 0.1) is 0 Å². The minimum Gasteiger partial charge on any atom is -0.481 e. The monoisotopic (exact) mass is 311 g/mol. The first-order valence-electron chi connectivity index (χ1n) is 6.97. The Kier molecular flexibility index (Phi) is 4.61. The van der Waals surface area contributed by atoms with Crippen LogP contribution in [-0.2, 0) is 21.5 Å². The molecule has 0 spiro atoms. The van der Waals surface area contributed by atoms with E-state index in [-0.39, 0.29) is 23.1 Å². The van der Waals surface area contributed by atoms with Gasteiger partial charge in [0.15, 0.2) is 5.16 Å². The first-order valence-corrected chi connectivity index (χ1v) is 7.96. The molecule has 7 heteroatoms. The number of rotatable bonds is 5. The molecule has 6 nitrogen and oxygen atoms in total. The van der Waals surface area contributed by atoms with Gasteiger partial charge in [0.1, 0.15) is 0 Å². The fraction of sp³-hybridized carbons (Fsp3) is 0.643. The van der Waals surface area contributed by atoms with Gasteiger partial charge < -0.3 is 15.0 Å². The van der Waals surface area contributed by atoms with Gasteiger partial charge in [-0.3, -0.25) is 9.59 Å². The van der Waals surface area contributed by atoms with Crippen LogP contribution in [0.25, 0.3) is 0 Å². The number of carbonyl (C=O) groups excluding carboxylic acids is 1. The van der Waals surface area contributed by atoms with Crippen molar-refractivity contribution in [3.05, 3.63) is 11.9 Å². The largest absolute Gasteiger partial charge is 0.481 e. The molecule has 1 aromatic rings. The van der Waals surface area contributed by atoms with Crippen LogP contribution in [0.2, 0.25) is 0 Å². The number of hydrogen-bond acceptors (Lipinski definition) is 4. The van der Waals surface area contributed by atoms with Crippen LogP contribution in [-0.4, -0.2) is 38.3 Å². The molecule has 1 unspecified atom stereocenters. The molecule has 116 valence electrons. The third kappa shape index (κ3) is 4.00. The van der Waals surface area contributed by atoms with Crippen LogP contribution >= 0.6 is 11.8 Å². The van der Waals surface area contributed by atoms with E-state index in [2.05, 4.69) is 31.1 Å². The molecule has 0 aliphatic carbocycles. The highest BCUT2D eigenvalue weighted by molar-refractivity contribution is 7.99. The summed E-state index contributed by atoms with van der Waals surface area (Å²) < 4.78 is 2.05. The lowest BCUT2D eigenvalue weighted by molar-refractivity contribution is -0.133. The Labute approximate surface area is 128 Å². The highest BCUT2D eigenvalue weighted by atomic mass is 32.2. The molecule has 0 bridgehead atoms. The summed E-state index contributed by atoms with van der Waals surface area (Å²) in [7, 11) is 0. The topological polar surface area (TPSA) is 84.2 Å². The number of carbonyl (C=O) groups is 2. The first-order chi connectivity index (χ1) is 9.77. The van der Waals surface area contributed by atoms with E-state index in [9.17, 15) is 9.59 Å². The maximum atomic E-state index is 11.3. The van der Waals surface area contributed by atoms with Gasteiger partial charge in [-0.2, -0.15) is 0 Å². The van der Waals surface area contributed by atoms with Gasteiger partial charge in [-0.25, -0.2) is 4.98 Å². The molecule has 1 aromatic heterocycles. The fourth-order valence-electron chi connectivity index (χ4n) is 2.41. The van der Waals surface area contributed by atoms with Gasteiger partial charge in [-0.1, -0.05) is 32.5 Å². The Morgan fingerprint density at radius 2 is 2.29 bits per heavy atom. The molecular formula is C14H21N3O3S. The summed E-state index contributed by atoms with van der Waals surface area (Å²) >= 11 is 1.22. The average Bonchev–Trinajstić information content (AvgIpc) is 2.93. The lowest BCUT2D eigenvalue weighted by Gasteiger charge is -2.23. The Balaban J connectivity index is 2.23. The van der Waals surface area contributed by atoms with Crippen LogP contribution < -0.4 is 5.32 Å². The number of imidazole rings is 1. The molecule has 2 N–H and O–H groups in total. The molecule has 0 saturated carbocycles.